The molecule has 2 aromatic rings. The van der Waals surface area contributed by atoms with Crippen molar-refractivity contribution in [1.29, 1.82) is 0 Å². The molecule has 1 aromatic heterocycles. The second kappa shape index (κ2) is 7.03. The minimum atomic E-state index is 0.202. The second-order valence-corrected chi connectivity index (χ2v) is 6.36. The summed E-state index contributed by atoms with van der Waals surface area (Å²) in [6, 6.07) is 8.38. The van der Waals surface area contributed by atoms with Gasteiger partial charge in [0.15, 0.2) is 0 Å². The van der Waals surface area contributed by atoms with Crippen LogP contribution in [-0.4, -0.2) is 42.1 Å². The Morgan fingerprint density at radius 3 is 2.73 bits per heavy atom. The number of ether oxygens (including phenoxy) is 1. The SMILES string of the molecule is Cc1ccc(-c2nc(CCC(=O)N3CCOCC3)cs2)cc1. The Labute approximate surface area is 134 Å². The van der Waals surface area contributed by atoms with E-state index in [9.17, 15) is 4.79 Å². The molecule has 1 aliphatic heterocycles. The van der Waals surface area contributed by atoms with Gasteiger partial charge in [-0.25, -0.2) is 4.98 Å². The normalized spacial score (nSPS) is 15.0. The lowest BCUT2D eigenvalue weighted by molar-refractivity contribution is -0.135. The van der Waals surface area contributed by atoms with Crippen molar-refractivity contribution in [2.24, 2.45) is 0 Å². The van der Waals surface area contributed by atoms with E-state index in [4.69, 9.17) is 4.74 Å². The number of amides is 1. The maximum Gasteiger partial charge on any atom is 0.223 e. The molecular weight excluding hydrogens is 296 g/mol. The molecule has 0 aliphatic carbocycles. The Hall–Kier alpha value is -1.72. The average molecular weight is 316 g/mol. The third-order valence-corrected chi connectivity index (χ3v) is 4.75. The van der Waals surface area contributed by atoms with Crippen molar-refractivity contribution in [1.82, 2.24) is 9.88 Å². The molecule has 0 spiro atoms. The van der Waals surface area contributed by atoms with Crippen molar-refractivity contribution in [2.45, 2.75) is 19.8 Å². The van der Waals surface area contributed by atoms with E-state index in [2.05, 4.69) is 41.6 Å². The Morgan fingerprint density at radius 1 is 1.27 bits per heavy atom. The number of carbonyl (C=O) groups excluding carboxylic acids is 1. The minimum Gasteiger partial charge on any atom is -0.378 e. The number of benzene rings is 1. The highest BCUT2D eigenvalue weighted by molar-refractivity contribution is 7.13. The van der Waals surface area contributed by atoms with Crippen LogP contribution in [0.1, 0.15) is 17.7 Å². The monoisotopic (exact) mass is 316 g/mol. The molecule has 1 amide bonds. The molecule has 5 heteroatoms. The Morgan fingerprint density at radius 2 is 2.00 bits per heavy atom. The van der Waals surface area contributed by atoms with E-state index in [0.717, 1.165) is 16.3 Å². The number of rotatable bonds is 4. The van der Waals surface area contributed by atoms with Gasteiger partial charge in [-0.15, -0.1) is 11.3 Å². The summed E-state index contributed by atoms with van der Waals surface area (Å²) < 4.78 is 5.27. The van der Waals surface area contributed by atoms with Gasteiger partial charge < -0.3 is 9.64 Å². The fraction of sp³-hybridized carbons (Fsp3) is 0.412. The Balaban J connectivity index is 1.57. The zero-order valence-electron chi connectivity index (χ0n) is 12.7. The summed E-state index contributed by atoms with van der Waals surface area (Å²) in [5.41, 5.74) is 3.39. The van der Waals surface area contributed by atoms with Crippen molar-refractivity contribution in [3.05, 3.63) is 40.9 Å². The van der Waals surface area contributed by atoms with Gasteiger partial charge in [-0.05, 0) is 13.3 Å². The lowest BCUT2D eigenvalue weighted by Crippen LogP contribution is -2.40. The Kier molecular flexibility index (Phi) is 4.85. The van der Waals surface area contributed by atoms with Gasteiger partial charge in [0.25, 0.3) is 0 Å². The molecule has 0 unspecified atom stereocenters. The summed E-state index contributed by atoms with van der Waals surface area (Å²) in [5.74, 6) is 0.202. The maximum absolute atomic E-state index is 12.1. The molecule has 0 saturated carbocycles. The van der Waals surface area contributed by atoms with E-state index in [1.807, 2.05) is 4.90 Å². The van der Waals surface area contributed by atoms with Crippen LogP contribution in [0.2, 0.25) is 0 Å². The molecule has 1 aromatic carbocycles. The van der Waals surface area contributed by atoms with E-state index >= 15 is 0 Å². The predicted molar refractivity (Wildman–Crippen MR) is 88.0 cm³/mol. The van der Waals surface area contributed by atoms with Crippen LogP contribution < -0.4 is 0 Å². The maximum atomic E-state index is 12.1. The molecule has 0 radical (unpaired) electrons. The van der Waals surface area contributed by atoms with Crippen LogP contribution in [0.5, 0.6) is 0 Å². The summed E-state index contributed by atoms with van der Waals surface area (Å²) in [4.78, 5) is 18.7. The van der Waals surface area contributed by atoms with Gasteiger partial charge in [-0.1, -0.05) is 29.8 Å². The smallest absolute Gasteiger partial charge is 0.223 e. The van der Waals surface area contributed by atoms with Crippen LogP contribution in [0.3, 0.4) is 0 Å². The van der Waals surface area contributed by atoms with Gasteiger partial charge in [-0.2, -0.15) is 0 Å². The molecule has 1 saturated heterocycles. The first-order chi connectivity index (χ1) is 10.7. The van der Waals surface area contributed by atoms with Crippen molar-refractivity contribution < 1.29 is 9.53 Å². The van der Waals surface area contributed by atoms with Gasteiger partial charge in [0.1, 0.15) is 5.01 Å². The van der Waals surface area contributed by atoms with Gasteiger partial charge in [0.05, 0.1) is 18.9 Å². The van der Waals surface area contributed by atoms with Crippen LogP contribution >= 0.6 is 11.3 Å². The molecule has 3 rings (SSSR count). The van der Waals surface area contributed by atoms with Crippen LogP contribution in [0.4, 0.5) is 0 Å². The Bertz CT molecular complexity index is 630. The van der Waals surface area contributed by atoms with Crippen molar-refractivity contribution >= 4 is 17.2 Å². The number of aromatic nitrogens is 1. The van der Waals surface area contributed by atoms with Gasteiger partial charge in [0.2, 0.25) is 5.91 Å². The topological polar surface area (TPSA) is 42.4 Å². The summed E-state index contributed by atoms with van der Waals surface area (Å²) in [5, 5.41) is 3.08. The summed E-state index contributed by atoms with van der Waals surface area (Å²) in [6.45, 7) is 4.81. The van der Waals surface area contributed by atoms with Crippen LogP contribution in [0, 0.1) is 6.92 Å². The molecule has 116 valence electrons. The van der Waals surface area contributed by atoms with E-state index < -0.39 is 0 Å². The fourth-order valence-corrected chi connectivity index (χ4v) is 3.32. The van der Waals surface area contributed by atoms with Crippen LogP contribution in [0.15, 0.2) is 29.6 Å². The van der Waals surface area contributed by atoms with Gasteiger partial charge >= 0.3 is 0 Å². The van der Waals surface area contributed by atoms with Gasteiger partial charge in [-0.3, -0.25) is 4.79 Å². The molecule has 1 aliphatic rings. The fourth-order valence-electron chi connectivity index (χ4n) is 2.46. The minimum absolute atomic E-state index is 0.202. The van der Waals surface area contributed by atoms with Gasteiger partial charge in [0, 0.05) is 30.5 Å². The average Bonchev–Trinajstić information content (AvgIpc) is 3.03. The predicted octanol–water partition coefficient (Wildman–Crippen LogP) is 2.91. The molecule has 0 bridgehead atoms. The zero-order valence-corrected chi connectivity index (χ0v) is 13.6. The molecule has 22 heavy (non-hydrogen) atoms. The van der Waals surface area contributed by atoms with E-state index in [-0.39, 0.29) is 5.91 Å². The number of thiazole rings is 1. The third kappa shape index (κ3) is 3.72. The highest BCUT2D eigenvalue weighted by Gasteiger charge is 2.17. The third-order valence-electron chi connectivity index (χ3n) is 3.81. The van der Waals surface area contributed by atoms with E-state index in [1.165, 1.54) is 5.56 Å². The highest BCUT2D eigenvalue weighted by atomic mass is 32.1. The first kappa shape index (κ1) is 15.2. The molecular formula is C17H20N2O2S. The number of nitrogens with zero attached hydrogens (tertiary/aromatic N) is 2. The lowest BCUT2D eigenvalue weighted by atomic mass is 10.1. The highest BCUT2D eigenvalue weighted by Crippen LogP contribution is 2.24. The zero-order chi connectivity index (χ0) is 15.4. The summed E-state index contributed by atoms with van der Waals surface area (Å²) in [7, 11) is 0. The number of aryl methyl sites for hydroxylation is 2. The van der Waals surface area contributed by atoms with Crippen molar-refractivity contribution in [2.75, 3.05) is 26.3 Å². The summed E-state index contributed by atoms with van der Waals surface area (Å²) >= 11 is 1.64. The standard InChI is InChI=1S/C17H20N2O2S/c1-13-2-4-14(5-3-13)17-18-15(12-22-17)6-7-16(20)19-8-10-21-11-9-19/h2-5,12H,6-11H2,1H3. The second-order valence-electron chi connectivity index (χ2n) is 5.50. The number of hydrogen-bond acceptors (Lipinski definition) is 4. The van der Waals surface area contributed by atoms with Crippen LogP contribution in [-0.2, 0) is 16.0 Å². The molecule has 2 heterocycles. The number of morpholine rings is 1. The van der Waals surface area contributed by atoms with E-state index in [1.54, 1.807) is 11.3 Å². The molecule has 1 fully saturated rings. The summed E-state index contributed by atoms with van der Waals surface area (Å²) in [6.07, 6.45) is 1.23. The van der Waals surface area contributed by atoms with Crippen molar-refractivity contribution in [3.63, 3.8) is 0 Å². The molecule has 0 N–H and O–H groups in total. The largest absolute Gasteiger partial charge is 0.378 e. The van der Waals surface area contributed by atoms with Crippen molar-refractivity contribution in [3.8, 4) is 10.6 Å². The molecule has 4 nitrogen and oxygen atoms in total. The van der Waals surface area contributed by atoms with E-state index in [0.29, 0.717) is 39.1 Å². The first-order valence-corrected chi connectivity index (χ1v) is 8.47. The lowest BCUT2D eigenvalue weighted by Gasteiger charge is -2.26. The number of carbonyl (C=O) groups is 1. The number of hydrogen-bond donors (Lipinski definition) is 0. The van der Waals surface area contributed by atoms with Crippen LogP contribution in [0.25, 0.3) is 10.6 Å². The molecule has 0 atom stereocenters. The first-order valence-electron chi connectivity index (χ1n) is 7.59. The quantitative estimate of drug-likeness (QED) is 0.871.